The molecule has 0 bridgehead atoms. The number of carbonyl (C=O) groups excluding carboxylic acids is 2. The second-order valence-corrected chi connectivity index (χ2v) is 7.41. The smallest absolute Gasteiger partial charge is 0.407 e. The number of ether oxygens (including phenoxy) is 1. The Balaban J connectivity index is 1.56. The van der Waals surface area contributed by atoms with E-state index in [2.05, 4.69) is 15.5 Å². The Hall–Kier alpha value is -2.57. The molecule has 1 fully saturated rings. The van der Waals surface area contributed by atoms with Crippen LogP contribution < -0.4 is 5.32 Å². The van der Waals surface area contributed by atoms with Gasteiger partial charge in [0.05, 0.1) is 5.52 Å². The summed E-state index contributed by atoms with van der Waals surface area (Å²) in [6, 6.07) is 7.59. The number of fused-ring (bicyclic) bond motifs is 1. The largest absolute Gasteiger partial charge is 0.444 e. The Morgan fingerprint density at radius 2 is 2.12 bits per heavy atom. The van der Waals surface area contributed by atoms with Crippen molar-refractivity contribution >= 4 is 22.9 Å². The number of hydrogen-bond donors (Lipinski definition) is 2. The van der Waals surface area contributed by atoms with Gasteiger partial charge in [-0.25, -0.2) is 4.79 Å². The first-order valence-electron chi connectivity index (χ1n) is 8.53. The van der Waals surface area contributed by atoms with Gasteiger partial charge in [-0.3, -0.25) is 9.89 Å². The fraction of sp³-hybridized carbons (Fsp3) is 0.500. The minimum atomic E-state index is -0.511. The van der Waals surface area contributed by atoms with Crippen LogP contribution >= 0.6 is 0 Å². The Kier molecular flexibility index (Phi) is 4.65. The fourth-order valence-electron chi connectivity index (χ4n) is 3.00. The molecule has 2 aromatic rings. The van der Waals surface area contributed by atoms with Crippen LogP contribution in [-0.2, 0) is 4.74 Å². The first-order chi connectivity index (χ1) is 11.8. The highest BCUT2D eigenvalue weighted by Gasteiger charge is 2.29. The summed E-state index contributed by atoms with van der Waals surface area (Å²) in [5.74, 6) is 0.152. The molecule has 1 atom stereocenters. The van der Waals surface area contributed by atoms with Crippen molar-refractivity contribution in [2.75, 3.05) is 19.6 Å². The van der Waals surface area contributed by atoms with Crippen molar-refractivity contribution in [3.05, 3.63) is 30.0 Å². The van der Waals surface area contributed by atoms with Gasteiger partial charge in [0.2, 0.25) is 0 Å². The van der Waals surface area contributed by atoms with Gasteiger partial charge in [0.1, 0.15) is 5.60 Å². The summed E-state index contributed by atoms with van der Waals surface area (Å²) >= 11 is 0. The van der Waals surface area contributed by atoms with E-state index in [1.54, 1.807) is 4.90 Å². The van der Waals surface area contributed by atoms with Gasteiger partial charge in [0, 0.05) is 25.0 Å². The van der Waals surface area contributed by atoms with Crippen molar-refractivity contribution < 1.29 is 14.3 Å². The number of benzene rings is 1. The average molecular weight is 344 g/mol. The highest BCUT2D eigenvalue weighted by Crippen LogP contribution is 2.21. The predicted octanol–water partition coefficient (Wildman–Crippen LogP) is 2.55. The fourth-order valence-corrected chi connectivity index (χ4v) is 3.00. The van der Waals surface area contributed by atoms with Crippen LogP contribution in [-0.4, -0.2) is 52.3 Å². The van der Waals surface area contributed by atoms with E-state index >= 15 is 0 Å². The molecule has 7 heteroatoms. The maximum absolute atomic E-state index is 12.7. The zero-order valence-corrected chi connectivity index (χ0v) is 14.8. The quantitative estimate of drug-likeness (QED) is 0.896. The molecule has 3 rings (SSSR count). The summed E-state index contributed by atoms with van der Waals surface area (Å²) in [6.45, 7) is 7.26. The zero-order valence-electron chi connectivity index (χ0n) is 14.8. The maximum Gasteiger partial charge on any atom is 0.407 e. The van der Waals surface area contributed by atoms with Crippen LogP contribution in [0.1, 0.15) is 37.7 Å². The molecule has 2 amide bonds. The highest BCUT2D eigenvalue weighted by atomic mass is 16.6. The van der Waals surface area contributed by atoms with Gasteiger partial charge in [-0.1, -0.05) is 18.2 Å². The lowest BCUT2D eigenvalue weighted by Crippen LogP contribution is -2.36. The van der Waals surface area contributed by atoms with Gasteiger partial charge >= 0.3 is 6.09 Å². The number of aromatic nitrogens is 2. The number of aromatic amines is 1. The predicted molar refractivity (Wildman–Crippen MR) is 94.3 cm³/mol. The topological polar surface area (TPSA) is 87.3 Å². The second kappa shape index (κ2) is 6.74. The van der Waals surface area contributed by atoms with Crippen molar-refractivity contribution in [2.24, 2.45) is 5.92 Å². The van der Waals surface area contributed by atoms with Crippen molar-refractivity contribution in [3.63, 3.8) is 0 Å². The molecule has 2 heterocycles. The van der Waals surface area contributed by atoms with Crippen LogP contribution in [0.15, 0.2) is 24.3 Å². The number of hydrogen-bond acceptors (Lipinski definition) is 4. The third-order valence-corrected chi connectivity index (χ3v) is 4.18. The lowest BCUT2D eigenvalue weighted by Gasteiger charge is -2.20. The molecule has 0 unspecified atom stereocenters. The molecule has 1 aromatic carbocycles. The third-order valence-electron chi connectivity index (χ3n) is 4.18. The molecule has 1 aliphatic heterocycles. The maximum atomic E-state index is 12.7. The minimum Gasteiger partial charge on any atom is -0.444 e. The van der Waals surface area contributed by atoms with Gasteiger partial charge in [0.25, 0.3) is 5.91 Å². The lowest BCUT2D eigenvalue weighted by atomic mass is 10.1. The molecule has 2 N–H and O–H groups in total. The van der Waals surface area contributed by atoms with Crippen LogP contribution in [0.2, 0.25) is 0 Å². The van der Waals surface area contributed by atoms with Crippen molar-refractivity contribution in [3.8, 4) is 0 Å². The summed E-state index contributed by atoms with van der Waals surface area (Å²) in [4.78, 5) is 26.3. The Morgan fingerprint density at radius 1 is 1.36 bits per heavy atom. The van der Waals surface area contributed by atoms with E-state index in [0.29, 0.717) is 25.3 Å². The van der Waals surface area contributed by atoms with E-state index in [1.807, 2.05) is 45.0 Å². The molecule has 0 aliphatic carbocycles. The summed E-state index contributed by atoms with van der Waals surface area (Å²) in [5, 5.41) is 10.7. The molecule has 1 saturated heterocycles. The van der Waals surface area contributed by atoms with Crippen LogP contribution in [0, 0.1) is 5.92 Å². The summed E-state index contributed by atoms with van der Waals surface area (Å²) < 4.78 is 5.23. The van der Waals surface area contributed by atoms with Crippen LogP contribution in [0.3, 0.4) is 0 Å². The number of rotatable bonds is 3. The van der Waals surface area contributed by atoms with Crippen molar-refractivity contribution in [1.29, 1.82) is 0 Å². The Morgan fingerprint density at radius 3 is 2.88 bits per heavy atom. The van der Waals surface area contributed by atoms with Gasteiger partial charge in [0.15, 0.2) is 5.69 Å². The standard InChI is InChI=1S/C18H24N4O3/c1-18(2,3)25-17(24)19-10-12-8-9-22(11-12)16(23)15-13-6-4-5-7-14(13)20-21-15/h4-7,12H,8-11H2,1-3H3,(H,19,24)(H,20,21)/t12-/m1/s1. The number of nitrogens with one attached hydrogen (secondary N) is 2. The summed E-state index contributed by atoms with van der Waals surface area (Å²) in [7, 11) is 0. The van der Waals surface area contributed by atoms with Crippen LogP contribution in [0.5, 0.6) is 0 Å². The molecule has 0 saturated carbocycles. The zero-order chi connectivity index (χ0) is 18.0. The molecule has 25 heavy (non-hydrogen) atoms. The number of H-pyrrole nitrogens is 1. The molecular formula is C18H24N4O3. The van der Waals surface area contributed by atoms with E-state index < -0.39 is 11.7 Å². The van der Waals surface area contributed by atoms with Gasteiger partial charge in [-0.15, -0.1) is 0 Å². The number of likely N-dealkylation sites (tertiary alicyclic amines) is 1. The average Bonchev–Trinajstić information content (AvgIpc) is 3.18. The molecule has 134 valence electrons. The molecule has 0 radical (unpaired) electrons. The SMILES string of the molecule is CC(C)(C)OC(=O)NC[C@H]1CCN(C(=O)c2n[nH]c3ccccc23)C1. The van der Waals surface area contributed by atoms with Crippen molar-refractivity contribution in [2.45, 2.75) is 32.8 Å². The third kappa shape index (κ3) is 4.10. The first kappa shape index (κ1) is 17.3. The minimum absolute atomic E-state index is 0.0720. The molecule has 1 aliphatic rings. The highest BCUT2D eigenvalue weighted by molar-refractivity contribution is 6.04. The summed E-state index contributed by atoms with van der Waals surface area (Å²) in [5.41, 5.74) is 0.799. The van der Waals surface area contributed by atoms with Gasteiger partial charge in [-0.05, 0) is 39.2 Å². The monoisotopic (exact) mass is 344 g/mol. The number of amides is 2. The van der Waals surface area contributed by atoms with Crippen molar-refractivity contribution in [1.82, 2.24) is 20.4 Å². The Labute approximate surface area is 146 Å². The number of alkyl carbamates (subject to hydrolysis) is 1. The lowest BCUT2D eigenvalue weighted by molar-refractivity contribution is 0.0520. The number of carbonyl (C=O) groups is 2. The first-order valence-corrected chi connectivity index (χ1v) is 8.53. The summed E-state index contributed by atoms with van der Waals surface area (Å²) in [6.07, 6.45) is 0.430. The normalized spacial score (nSPS) is 17.7. The number of nitrogens with zero attached hydrogens (tertiary/aromatic N) is 2. The van der Waals surface area contributed by atoms with E-state index in [4.69, 9.17) is 4.74 Å². The van der Waals surface area contributed by atoms with E-state index in [1.165, 1.54) is 0 Å². The number of para-hydroxylation sites is 1. The van der Waals surface area contributed by atoms with Gasteiger partial charge in [-0.2, -0.15) is 5.10 Å². The van der Waals surface area contributed by atoms with Crippen LogP contribution in [0.25, 0.3) is 10.9 Å². The van der Waals surface area contributed by atoms with E-state index in [0.717, 1.165) is 17.3 Å². The van der Waals surface area contributed by atoms with Gasteiger partial charge < -0.3 is 15.0 Å². The van der Waals surface area contributed by atoms with E-state index in [9.17, 15) is 9.59 Å². The van der Waals surface area contributed by atoms with E-state index in [-0.39, 0.29) is 11.8 Å². The van der Waals surface area contributed by atoms with Crippen LogP contribution in [0.4, 0.5) is 4.79 Å². The molecule has 1 aromatic heterocycles. The Bertz CT molecular complexity index is 778. The second-order valence-electron chi connectivity index (χ2n) is 7.41. The molecule has 0 spiro atoms. The molecular weight excluding hydrogens is 320 g/mol. The molecule has 7 nitrogen and oxygen atoms in total.